The minimum absolute atomic E-state index is 0.182. The Bertz CT molecular complexity index is 200. The molecule has 0 spiro atoms. The Kier molecular flexibility index (Phi) is 7.24. The molecule has 0 unspecified atom stereocenters. The molecule has 0 fully saturated rings. The molecular formula is C12H25ClN2. The number of hydrogen-bond donors (Lipinski definition) is 1. The minimum Gasteiger partial charge on any atom is -0.330 e. The van der Waals surface area contributed by atoms with Gasteiger partial charge in [-0.25, -0.2) is 0 Å². The van der Waals surface area contributed by atoms with E-state index in [1.807, 2.05) is 0 Å². The fraction of sp³-hybridized carbons (Fsp3) is 0.833. The summed E-state index contributed by atoms with van der Waals surface area (Å²) < 4.78 is 0. The molecule has 0 aliphatic heterocycles. The van der Waals surface area contributed by atoms with E-state index in [0.717, 1.165) is 32.6 Å². The van der Waals surface area contributed by atoms with Crippen molar-refractivity contribution in [2.24, 2.45) is 11.1 Å². The highest BCUT2D eigenvalue weighted by Gasteiger charge is 2.19. The van der Waals surface area contributed by atoms with Crippen molar-refractivity contribution in [3.8, 4) is 0 Å². The zero-order chi connectivity index (χ0) is 11.9. The van der Waals surface area contributed by atoms with Crippen LogP contribution < -0.4 is 5.73 Å². The van der Waals surface area contributed by atoms with Gasteiger partial charge in [0, 0.05) is 18.6 Å². The van der Waals surface area contributed by atoms with Crippen molar-refractivity contribution in [3.63, 3.8) is 0 Å². The van der Waals surface area contributed by atoms with Gasteiger partial charge in [-0.3, -0.25) is 4.90 Å². The molecule has 0 radical (unpaired) electrons. The number of hydrogen-bond acceptors (Lipinski definition) is 2. The average molecular weight is 233 g/mol. The summed E-state index contributed by atoms with van der Waals surface area (Å²) >= 11 is 5.69. The topological polar surface area (TPSA) is 29.3 Å². The number of nitrogens with zero attached hydrogens (tertiary/aromatic N) is 1. The molecule has 3 heteroatoms. The molecule has 0 aromatic rings. The first-order valence-electron chi connectivity index (χ1n) is 5.63. The van der Waals surface area contributed by atoms with Crippen LogP contribution in [0.1, 0.15) is 34.1 Å². The van der Waals surface area contributed by atoms with Crippen LogP contribution in [0.5, 0.6) is 0 Å². The third-order valence-corrected chi connectivity index (χ3v) is 2.78. The Morgan fingerprint density at radius 3 is 2.47 bits per heavy atom. The van der Waals surface area contributed by atoms with E-state index < -0.39 is 0 Å². The normalized spacial score (nSPS) is 13.7. The summed E-state index contributed by atoms with van der Waals surface area (Å²) in [5.74, 6) is 0. The van der Waals surface area contributed by atoms with Gasteiger partial charge < -0.3 is 5.73 Å². The molecule has 0 aliphatic rings. The van der Waals surface area contributed by atoms with Crippen LogP contribution in [-0.2, 0) is 0 Å². The highest BCUT2D eigenvalue weighted by Crippen LogP contribution is 2.16. The summed E-state index contributed by atoms with van der Waals surface area (Å²) in [6.45, 7) is 12.5. The molecule has 0 amide bonds. The Labute approximate surface area is 99.5 Å². The predicted octanol–water partition coefficient (Wildman–Crippen LogP) is 2.83. The lowest BCUT2D eigenvalue weighted by atomic mass is 9.93. The maximum atomic E-state index is 5.75. The van der Waals surface area contributed by atoms with Crippen molar-refractivity contribution < 1.29 is 0 Å². The van der Waals surface area contributed by atoms with Gasteiger partial charge in [0.05, 0.1) is 0 Å². The molecule has 0 atom stereocenters. The standard InChI is InChI=1S/C12H25ClN2/c1-5-6-15(8-11(2)7-13)10-12(3,4)9-14/h7H,5-6,8-10,14H2,1-4H3. The molecule has 0 heterocycles. The van der Waals surface area contributed by atoms with Crippen LogP contribution in [0.4, 0.5) is 0 Å². The maximum Gasteiger partial charge on any atom is 0.0202 e. The van der Waals surface area contributed by atoms with Crippen molar-refractivity contribution >= 4 is 11.6 Å². The lowest BCUT2D eigenvalue weighted by Gasteiger charge is -2.31. The van der Waals surface area contributed by atoms with Gasteiger partial charge in [0.15, 0.2) is 0 Å². The molecule has 0 saturated carbocycles. The fourth-order valence-electron chi connectivity index (χ4n) is 1.59. The quantitative estimate of drug-likeness (QED) is 0.732. The van der Waals surface area contributed by atoms with Crippen LogP contribution in [0.25, 0.3) is 0 Å². The van der Waals surface area contributed by atoms with Crippen molar-refractivity contribution in [3.05, 3.63) is 11.1 Å². The molecule has 0 rings (SSSR count). The van der Waals surface area contributed by atoms with Crippen molar-refractivity contribution in [1.82, 2.24) is 4.90 Å². The van der Waals surface area contributed by atoms with E-state index in [1.165, 1.54) is 5.57 Å². The van der Waals surface area contributed by atoms with Gasteiger partial charge >= 0.3 is 0 Å². The summed E-state index contributed by atoms with van der Waals surface area (Å²) in [7, 11) is 0. The van der Waals surface area contributed by atoms with Crippen molar-refractivity contribution in [2.75, 3.05) is 26.2 Å². The zero-order valence-electron chi connectivity index (χ0n) is 10.5. The van der Waals surface area contributed by atoms with Gasteiger partial charge in [0.2, 0.25) is 0 Å². The third-order valence-electron chi connectivity index (χ3n) is 2.40. The van der Waals surface area contributed by atoms with E-state index in [2.05, 4.69) is 32.6 Å². The molecule has 0 aromatic heterocycles. The van der Waals surface area contributed by atoms with Crippen molar-refractivity contribution in [1.29, 1.82) is 0 Å². The smallest absolute Gasteiger partial charge is 0.0202 e. The van der Waals surface area contributed by atoms with E-state index in [4.69, 9.17) is 17.3 Å². The lowest BCUT2D eigenvalue weighted by Crippen LogP contribution is -2.39. The van der Waals surface area contributed by atoms with Crippen LogP contribution in [0.15, 0.2) is 11.1 Å². The maximum absolute atomic E-state index is 5.75. The molecule has 0 saturated heterocycles. The van der Waals surface area contributed by atoms with Gasteiger partial charge in [-0.05, 0) is 37.4 Å². The van der Waals surface area contributed by atoms with E-state index in [9.17, 15) is 0 Å². The zero-order valence-corrected chi connectivity index (χ0v) is 11.3. The first kappa shape index (κ1) is 14.9. The van der Waals surface area contributed by atoms with Gasteiger partial charge in [0.1, 0.15) is 0 Å². The van der Waals surface area contributed by atoms with E-state index in [-0.39, 0.29) is 5.41 Å². The Hall–Kier alpha value is -0.0500. The highest BCUT2D eigenvalue weighted by molar-refractivity contribution is 6.25. The summed E-state index contributed by atoms with van der Waals surface area (Å²) in [6.07, 6.45) is 1.16. The SMILES string of the molecule is CCCN(CC(C)=CCl)CC(C)(C)CN. The van der Waals surface area contributed by atoms with Gasteiger partial charge in [-0.1, -0.05) is 32.4 Å². The highest BCUT2D eigenvalue weighted by atomic mass is 35.5. The second kappa shape index (κ2) is 7.26. The second-order valence-corrected chi connectivity index (χ2v) is 5.25. The average Bonchev–Trinajstić information content (AvgIpc) is 2.17. The molecule has 15 heavy (non-hydrogen) atoms. The Balaban J connectivity index is 4.27. The molecule has 2 N–H and O–H groups in total. The van der Waals surface area contributed by atoms with Crippen LogP contribution in [0.2, 0.25) is 0 Å². The predicted molar refractivity (Wildman–Crippen MR) is 69.2 cm³/mol. The molecule has 0 aliphatic carbocycles. The molecule has 90 valence electrons. The van der Waals surface area contributed by atoms with Crippen LogP contribution in [0, 0.1) is 5.41 Å². The number of halogens is 1. The molecule has 0 bridgehead atoms. The molecule has 2 nitrogen and oxygen atoms in total. The van der Waals surface area contributed by atoms with Crippen LogP contribution in [0.3, 0.4) is 0 Å². The summed E-state index contributed by atoms with van der Waals surface area (Å²) in [5.41, 5.74) is 8.80. The summed E-state index contributed by atoms with van der Waals surface area (Å²) in [5, 5.41) is 0. The van der Waals surface area contributed by atoms with E-state index >= 15 is 0 Å². The van der Waals surface area contributed by atoms with Gasteiger partial charge in [-0.15, -0.1) is 0 Å². The van der Waals surface area contributed by atoms with E-state index in [1.54, 1.807) is 5.54 Å². The van der Waals surface area contributed by atoms with Crippen LogP contribution in [-0.4, -0.2) is 31.1 Å². The Morgan fingerprint density at radius 1 is 1.47 bits per heavy atom. The number of rotatable bonds is 7. The van der Waals surface area contributed by atoms with Crippen LogP contribution >= 0.6 is 11.6 Å². The molecular weight excluding hydrogens is 208 g/mol. The summed E-state index contributed by atoms with van der Waals surface area (Å²) in [4.78, 5) is 2.42. The lowest BCUT2D eigenvalue weighted by molar-refractivity contribution is 0.195. The third kappa shape index (κ3) is 6.93. The first-order chi connectivity index (χ1) is 6.95. The van der Waals surface area contributed by atoms with Gasteiger partial charge in [-0.2, -0.15) is 0 Å². The first-order valence-corrected chi connectivity index (χ1v) is 6.07. The minimum atomic E-state index is 0.182. The van der Waals surface area contributed by atoms with Gasteiger partial charge in [0.25, 0.3) is 0 Å². The Morgan fingerprint density at radius 2 is 2.07 bits per heavy atom. The molecule has 0 aromatic carbocycles. The van der Waals surface area contributed by atoms with Crippen molar-refractivity contribution in [2.45, 2.75) is 34.1 Å². The largest absolute Gasteiger partial charge is 0.330 e. The second-order valence-electron chi connectivity index (χ2n) is 5.03. The summed E-state index contributed by atoms with van der Waals surface area (Å²) in [6, 6.07) is 0. The number of nitrogens with two attached hydrogens (primary N) is 1. The monoisotopic (exact) mass is 232 g/mol. The van der Waals surface area contributed by atoms with E-state index in [0.29, 0.717) is 0 Å². The fourth-order valence-corrected chi connectivity index (χ4v) is 1.66.